The van der Waals surface area contributed by atoms with Crippen LogP contribution in [0.4, 0.5) is 5.82 Å². The first-order valence-electron chi connectivity index (χ1n) is 5.11. The van der Waals surface area contributed by atoms with Crippen molar-refractivity contribution >= 4 is 17.6 Å². The molecular formula is C11H19N3S. The average molecular weight is 225 g/mol. The Morgan fingerprint density at radius 3 is 2.53 bits per heavy atom. The highest BCUT2D eigenvalue weighted by molar-refractivity contribution is 7.99. The Balaban J connectivity index is 2.51. The normalized spacial score (nSPS) is 11.7. The molecule has 2 N–H and O–H groups in total. The van der Waals surface area contributed by atoms with E-state index in [-0.39, 0.29) is 0 Å². The second-order valence-electron chi connectivity index (χ2n) is 4.88. The Morgan fingerprint density at radius 2 is 2.00 bits per heavy atom. The molecule has 0 spiro atoms. The number of nitrogen functional groups attached to an aromatic ring is 1. The van der Waals surface area contributed by atoms with Gasteiger partial charge in [-0.2, -0.15) is 0 Å². The van der Waals surface area contributed by atoms with Crippen molar-refractivity contribution in [3.8, 4) is 0 Å². The van der Waals surface area contributed by atoms with Gasteiger partial charge in [0, 0.05) is 17.5 Å². The number of nitrogens with two attached hydrogens (primary N) is 1. The Bertz CT molecular complexity index is 311. The van der Waals surface area contributed by atoms with Gasteiger partial charge in [-0.3, -0.25) is 0 Å². The summed E-state index contributed by atoms with van der Waals surface area (Å²) in [5, 5.41) is 0.789. The topological polar surface area (TPSA) is 51.8 Å². The molecule has 0 atom stereocenters. The molecule has 84 valence electrons. The van der Waals surface area contributed by atoms with Gasteiger partial charge in [0.2, 0.25) is 0 Å². The average Bonchev–Trinajstić information content (AvgIpc) is 1.99. The summed E-state index contributed by atoms with van der Waals surface area (Å²) in [6.45, 7) is 8.64. The van der Waals surface area contributed by atoms with Gasteiger partial charge in [0.05, 0.1) is 0 Å². The highest BCUT2D eigenvalue weighted by Crippen LogP contribution is 2.24. The summed E-state index contributed by atoms with van der Waals surface area (Å²) in [6, 6.07) is 1.79. The Morgan fingerprint density at radius 1 is 1.33 bits per heavy atom. The molecule has 1 rings (SSSR count). The third kappa shape index (κ3) is 5.02. The van der Waals surface area contributed by atoms with Crippen molar-refractivity contribution in [1.82, 2.24) is 9.97 Å². The maximum atomic E-state index is 5.65. The van der Waals surface area contributed by atoms with E-state index in [4.69, 9.17) is 5.73 Å². The third-order valence-electron chi connectivity index (χ3n) is 1.94. The highest BCUT2D eigenvalue weighted by Gasteiger charge is 2.10. The third-order valence-corrected chi connectivity index (χ3v) is 2.79. The predicted molar refractivity (Wildman–Crippen MR) is 66.0 cm³/mol. The molecule has 0 saturated heterocycles. The number of hydrogen-bond acceptors (Lipinski definition) is 4. The number of anilines is 1. The van der Waals surface area contributed by atoms with E-state index in [2.05, 4.69) is 30.7 Å². The van der Waals surface area contributed by atoms with Crippen LogP contribution in [0.2, 0.25) is 0 Å². The maximum Gasteiger partial charge on any atom is 0.189 e. The number of hydrogen-bond donors (Lipinski definition) is 1. The zero-order valence-corrected chi connectivity index (χ0v) is 10.7. The van der Waals surface area contributed by atoms with E-state index in [1.54, 1.807) is 17.8 Å². The molecule has 0 aromatic carbocycles. The molecule has 3 nitrogen and oxygen atoms in total. The van der Waals surface area contributed by atoms with E-state index in [0.29, 0.717) is 11.2 Å². The maximum absolute atomic E-state index is 5.65. The molecule has 0 aliphatic carbocycles. The summed E-state index contributed by atoms with van der Waals surface area (Å²) in [5.41, 5.74) is 6.95. The molecule has 0 saturated carbocycles. The van der Waals surface area contributed by atoms with E-state index < -0.39 is 0 Å². The van der Waals surface area contributed by atoms with Crippen LogP contribution in [0.1, 0.15) is 32.9 Å². The molecule has 0 fully saturated rings. The van der Waals surface area contributed by atoms with Gasteiger partial charge in [-0.1, -0.05) is 32.5 Å². The molecular weight excluding hydrogens is 206 g/mol. The van der Waals surface area contributed by atoms with E-state index in [1.807, 2.05) is 6.92 Å². The largest absolute Gasteiger partial charge is 0.384 e. The number of thioether (sulfide) groups is 1. The lowest BCUT2D eigenvalue weighted by atomic mass is 9.94. The fourth-order valence-corrected chi connectivity index (χ4v) is 2.35. The van der Waals surface area contributed by atoms with Crippen LogP contribution in [-0.4, -0.2) is 15.7 Å². The van der Waals surface area contributed by atoms with Crippen molar-refractivity contribution < 1.29 is 0 Å². The second kappa shape index (κ2) is 4.84. The van der Waals surface area contributed by atoms with E-state index >= 15 is 0 Å². The first kappa shape index (κ1) is 12.3. The smallest absolute Gasteiger partial charge is 0.189 e. The predicted octanol–water partition coefficient (Wildman–Crippen LogP) is 2.90. The zero-order chi connectivity index (χ0) is 11.5. The van der Waals surface area contributed by atoms with Crippen molar-refractivity contribution in [2.45, 2.75) is 39.3 Å². The standard InChI is InChI=1S/C11H19N3S/c1-8-7-9(12)14-10(13-8)15-6-5-11(2,3)4/h7H,5-6H2,1-4H3,(H2,12,13,14). The summed E-state index contributed by atoms with van der Waals surface area (Å²) >= 11 is 1.67. The summed E-state index contributed by atoms with van der Waals surface area (Å²) in [6.07, 6.45) is 1.15. The first-order chi connectivity index (χ1) is 6.87. The van der Waals surface area contributed by atoms with Gasteiger partial charge in [0.15, 0.2) is 5.16 Å². The molecule has 1 aromatic heterocycles. The fraction of sp³-hybridized carbons (Fsp3) is 0.636. The minimum Gasteiger partial charge on any atom is -0.384 e. The van der Waals surface area contributed by atoms with Gasteiger partial charge in [0.1, 0.15) is 5.82 Å². The zero-order valence-electron chi connectivity index (χ0n) is 9.87. The van der Waals surface area contributed by atoms with Crippen LogP contribution in [0.5, 0.6) is 0 Å². The minimum atomic E-state index is 0.363. The van der Waals surface area contributed by atoms with Gasteiger partial charge in [0.25, 0.3) is 0 Å². The first-order valence-corrected chi connectivity index (χ1v) is 6.09. The number of aromatic nitrogens is 2. The van der Waals surface area contributed by atoms with Crippen LogP contribution < -0.4 is 5.73 Å². The molecule has 15 heavy (non-hydrogen) atoms. The molecule has 0 unspecified atom stereocenters. The van der Waals surface area contributed by atoms with Crippen LogP contribution >= 0.6 is 11.8 Å². The molecule has 0 bridgehead atoms. The lowest BCUT2D eigenvalue weighted by Gasteiger charge is -2.16. The van der Waals surface area contributed by atoms with Crippen LogP contribution in [0.25, 0.3) is 0 Å². The van der Waals surface area contributed by atoms with E-state index in [9.17, 15) is 0 Å². The number of nitrogens with zero attached hydrogens (tertiary/aromatic N) is 2. The molecule has 1 aromatic rings. The lowest BCUT2D eigenvalue weighted by Crippen LogP contribution is -2.06. The fourth-order valence-electron chi connectivity index (χ4n) is 1.08. The van der Waals surface area contributed by atoms with E-state index in [0.717, 1.165) is 23.0 Å². The van der Waals surface area contributed by atoms with Crippen LogP contribution in [0.3, 0.4) is 0 Å². The van der Waals surface area contributed by atoms with Gasteiger partial charge in [-0.05, 0) is 18.8 Å². The molecule has 0 aliphatic heterocycles. The van der Waals surface area contributed by atoms with Gasteiger partial charge < -0.3 is 5.73 Å². The molecule has 0 amide bonds. The quantitative estimate of drug-likeness (QED) is 0.635. The monoisotopic (exact) mass is 225 g/mol. The van der Waals surface area contributed by atoms with Crippen molar-refractivity contribution in [2.24, 2.45) is 5.41 Å². The second-order valence-corrected chi connectivity index (χ2v) is 5.94. The summed E-state index contributed by atoms with van der Waals surface area (Å²) < 4.78 is 0. The van der Waals surface area contributed by atoms with Crippen LogP contribution in [0, 0.1) is 12.3 Å². The van der Waals surface area contributed by atoms with Crippen molar-refractivity contribution in [2.75, 3.05) is 11.5 Å². The highest BCUT2D eigenvalue weighted by atomic mass is 32.2. The van der Waals surface area contributed by atoms with Crippen molar-refractivity contribution in [3.63, 3.8) is 0 Å². The van der Waals surface area contributed by atoms with Gasteiger partial charge in [-0.25, -0.2) is 9.97 Å². The van der Waals surface area contributed by atoms with Crippen LogP contribution in [-0.2, 0) is 0 Å². The van der Waals surface area contributed by atoms with Crippen LogP contribution in [0.15, 0.2) is 11.2 Å². The molecule has 0 aliphatic rings. The van der Waals surface area contributed by atoms with Crippen molar-refractivity contribution in [1.29, 1.82) is 0 Å². The number of rotatable bonds is 3. The minimum absolute atomic E-state index is 0.363. The van der Waals surface area contributed by atoms with Gasteiger partial charge >= 0.3 is 0 Å². The molecule has 1 heterocycles. The summed E-state index contributed by atoms with van der Waals surface area (Å²) in [5.74, 6) is 1.59. The van der Waals surface area contributed by atoms with Gasteiger partial charge in [-0.15, -0.1) is 0 Å². The summed E-state index contributed by atoms with van der Waals surface area (Å²) in [4.78, 5) is 8.51. The Labute approximate surface area is 95.9 Å². The van der Waals surface area contributed by atoms with Crippen molar-refractivity contribution in [3.05, 3.63) is 11.8 Å². The molecule has 0 radical (unpaired) electrons. The SMILES string of the molecule is Cc1cc(N)nc(SCCC(C)(C)C)n1. The summed E-state index contributed by atoms with van der Waals surface area (Å²) in [7, 11) is 0. The Hall–Kier alpha value is -0.770. The Kier molecular flexibility index (Phi) is 3.97. The molecule has 4 heteroatoms. The number of aryl methyl sites for hydroxylation is 1. The van der Waals surface area contributed by atoms with E-state index in [1.165, 1.54) is 0 Å². The lowest BCUT2D eigenvalue weighted by molar-refractivity contribution is 0.401.